The second kappa shape index (κ2) is 6.70. The summed E-state index contributed by atoms with van der Waals surface area (Å²) in [5.74, 6) is -0.0198. The lowest BCUT2D eigenvalue weighted by atomic mass is 10.0. The van der Waals surface area contributed by atoms with Gasteiger partial charge in [-0.1, -0.05) is 6.07 Å². The number of aromatic amines is 1. The summed E-state index contributed by atoms with van der Waals surface area (Å²) in [7, 11) is 0. The van der Waals surface area contributed by atoms with Crippen LogP contribution in [0.2, 0.25) is 0 Å². The van der Waals surface area contributed by atoms with E-state index in [0.29, 0.717) is 18.8 Å². The Kier molecular flexibility index (Phi) is 4.48. The van der Waals surface area contributed by atoms with Crippen LogP contribution in [0.5, 0.6) is 0 Å². The van der Waals surface area contributed by atoms with Crippen LogP contribution in [-0.2, 0) is 11.2 Å². The predicted molar refractivity (Wildman–Crippen MR) is 81.4 cm³/mol. The zero-order valence-electron chi connectivity index (χ0n) is 12.6. The Hall–Kier alpha value is -2.21. The summed E-state index contributed by atoms with van der Waals surface area (Å²) in [6, 6.07) is 5.69. The normalized spacial score (nSPS) is 21.2. The summed E-state index contributed by atoms with van der Waals surface area (Å²) < 4.78 is 5.85. The van der Waals surface area contributed by atoms with Gasteiger partial charge in [0.2, 0.25) is 0 Å². The number of nitrogens with zero attached hydrogens (tertiary/aromatic N) is 3. The minimum atomic E-state index is -0.0198. The molecule has 2 aromatic rings. The Labute approximate surface area is 129 Å². The van der Waals surface area contributed by atoms with Gasteiger partial charge >= 0.3 is 0 Å². The van der Waals surface area contributed by atoms with E-state index in [1.54, 1.807) is 18.5 Å². The van der Waals surface area contributed by atoms with Gasteiger partial charge in [-0.2, -0.15) is 5.10 Å². The summed E-state index contributed by atoms with van der Waals surface area (Å²) in [6.45, 7) is 3.34. The molecule has 0 bridgehead atoms. The number of rotatable bonds is 5. The molecular formula is C16H20N4O2. The summed E-state index contributed by atoms with van der Waals surface area (Å²) in [5, 5.41) is 6.62. The van der Waals surface area contributed by atoms with E-state index in [4.69, 9.17) is 4.74 Å². The highest BCUT2D eigenvalue weighted by Gasteiger charge is 2.38. The molecule has 1 saturated heterocycles. The van der Waals surface area contributed by atoms with Gasteiger partial charge in [-0.15, -0.1) is 0 Å². The highest BCUT2D eigenvalue weighted by molar-refractivity contribution is 5.92. The summed E-state index contributed by atoms with van der Waals surface area (Å²) in [4.78, 5) is 18.7. The van der Waals surface area contributed by atoms with E-state index in [1.165, 1.54) is 0 Å². The summed E-state index contributed by atoms with van der Waals surface area (Å²) in [6.07, 6.45) is 6.87. The summed E-state index contributed by atoms with van der Waals surface area (Å²) >= 11 is 0. The molecule has 2 atom stereocenters. The van der Waals surface area contributed by atoms with E-state index in [2.05, 4.69) is 15.2 Å². The fourth-order valence-corrected chi connectivity index (χ4v) is 3.02. The number of aromatic nitrogens is 3. The van der Waals surface area contributed by atoms with Crippen LogP contribution in [-0.4, -0.2) is 51.3 Å². The molecule has 0 spiro atoms. The molecule has 0 unspecified atom stereocenters. The lowest BCUT2D eigenvalue weighted by Gasteiger charge is -2.27. The lowest BCUT2D eigenvalue weighted by Crippen LogP contribution is -2.42. The first-order valence-electron chi connectivity index (χ1n) is 7.60. The number of hydrogen-bond donors (Lipinski definition) is 1. The molecule has 22 heavy (non-hydrogen) atoms. The second-order valence-corrected chi connectivity index (χ2v) is 5.38. The second-order valence-electron chi connectivity index (χ2n) is 5.38. The Bertz CT molecular complexity index is 600. The number of nitrogens with one attached hydrogen (secondary N) is 1. The van der Waals surface area contributed by atoms with Gasteiger partial charge in [-0.3, -0.25) is 14.9 Å². The highest BCUT2D eigenvalue weighted by atomic mass is 16.5. The van der Waals surface area contributed by atoms with Crippen molar-refractivity contribution in [2.45, 2.75) is 31.9 Å². The van der Waals surface area contributed by atoms with Gasteiger partial charge in [-0.25, -0.2) is 0 Å². The number of H-pyrrole nitrogens is 1. The molecule has 3 rings (SSSR count). The molecule has 3 heterocycles. The molecule has 1 aliphatic rings. The van der Waals surface area contributed by atoms with Crippen molar-refractivity contribution in [3.05, 3.63) is 48.0 Å². The highest BCUT2D eigenvalue weighted by Crippen LogP contribution is 2.25. The van der Waals surface area contributed by atoms with Crippen LogP contribution in [0.3, 0.4) is 0 Å². The van der Waals surface area contributed by atoms with Crippen LogP contribution < -0.4 is 0 Å². The quantitative estimate of drug-likeness (QED) is 0.911. The molecule has 0 radical (unpaired) electrons. The third kappa shape index (κ3) is 3.01. The Morgan fingerprint density at radius 3 is 3.05 bits per heavy atom. The molecule has 1 N–H and O–H groups in total. The van der Waals surface area contributed by atoms with E-state index < -0.39 is 0 Å². The van der Waals surface area contributed by atoms with Crippen molar-refractivity contribution >= 4 is 5.91 Å². The van der Waals surface area contributed by atoms with Gasteiger partial charge in [0, 0.05) is 31.7 Å². The van der Waals surface area contributed by atoms with Gasteiger partial charge in [-0.05, 0) is 37.5 Å². The minimum Gasteiger partial charge on any atom is -0.376 e. The molecule has 0 aromatic carbocycles. The van der Waals surface area contributed by atoms with E-state index in [1.807, 2.05) is 30.2 Å². The molecule has 1 amide bonds. The smallest absolute Gasteiger partial charge is 0.272 e. The molecule has 0 aliphatic carbocycles. The molecule has 6 heteroatoms. The van der Waals surface area contributed by atoms with Crippen LogP contribution in [0.1, 0.15) is 29.4 Å². The van der Waals surface area contributed by atoms with E-state index >= 15 is 0 Å². The van der Waals surface area contributed by atoms with Gasteiger partial charge in [0.05, 0.1) is 12.1 Å². The maximum absolute atomic E-state index is 12.6. The first kappa shape index (κ1) is 14.7. The van der Waals surface area contributed by atoms with Crippen molar-refractivity contribution < 1.29 is 9.53 Å². The maximum Gasteiger partial charge on any atom is 0.272 e. The first-order chi connectivity index (χ1) is 10.8. The predicted octanol–water partition coefficient (Wildman–Crippen LogP) is 1.67. The number of ether oxygens (including phenoxy) is 1. The van der Waals surface area contributed by atoms with E-state index in [9.17, 15) is 4.79 Å². The molecule has 2 aromatic heterocycles. The topological polar surface area (TPSA) is 71.1 Å². The van der Waals surface area contributed by atoms with E-state index in [-0.39, 0.29) is 18.1 Å². The number of carbonyl (C=O) groups excluding carboxylic acids is 1. The average Bonchev–Trinajstić information content (AvgIpc) is 3.19. The number of pyridine rings is 1. The lowest BCUT2D eigenvalue weighted by molar-refractivity contribution is 0.0310. The zero-order chi connectivity index (χ0) is 15.4. The molecular weight excluding hydrogens is 280 g/mol. The van der Waals surface area contributed by atoms with Crippen molar-refractivity contribution in [1.82, 2.24) is 20.1 Å². The van der Waals surface area contributed by atoms with Crippen LogP contribution >= 0.6 is 0 Å². The standard InChI is InChI=1S/C16H20N4O2/c1-2-22-15-6-9-20(16(21)13-5-8-18-19-13)14(15)10-12-4-3-7-17-11-12/h3-5,7-8,11,14-15H,2,6,9-10H2,1H3,(H,18,19)/t14-,15-/m0/s1. The molecule has 6 nitrogen and oxygen atoms in total. The zero-order valence-corrected chi connectivity index (χ0v) is 12.6. The van der Waals surface area contributed by atoms with Crippen LogP contribution in [0.15, 0.2) is 36.8 Å². The Morgan fingerprint density at radius 2 is 2.36 bits per heavy atom. The van der Waals surface area contributed by atoms with Crippen molar-refractivity contribution in [3.63, 3.8) is 0 Å². The third-order valence-corrected chi connectivity index (χ3v) is 4.02. The van der Waals surface area contributed by atoms with Crippen LogP contribution in [0.4, 0.5) is 0 Å². The van der Waals surface area contributed by atoms with Crippen molar-refractivity contribution in [1.29, 1.82) is 0 Å². The maximum atomic E-state index is 12.6. The molecule has 1 fully saturated rings. The number of likely N-dealkylation sites (tertiary alicyclic amines) is 1. The van der Waals surface area contributed by atoms with E-state index in [0.717, 1.165) is 18.4 Å². The van der Waals surface area contributed by atoms with Gasteiger partial charge in [0.25, 0.3) is 5.91 Å². The van der Waals surface area contributed by atoms with Crippen molar-refractivity contribution in [2.75, 3.05) is 13.2 Å². The number of carbonyl (C=O) groups is 1. The molecule has 1 aliphatic heterocycles. The fraction of sp³-hybridized carbons (Fsp3) is 0.438. The minimum absolute atomic E-state index is 0.0198. The van der Waals surface area contributed by atoms with Crippen LogP contribution in [0, 0.1) is 0 Å². The number of amides is 1. The largest absolute Gasteiger partial charge is 0.376 e. The monoisotopic (exact) mass is 300 g/mol. The third-order valence-electron chi connectivity index (χ3n) is 4.02. The van der Waals surface area contributed by atoms with Crippen LogP contribution in [0.25, 0.3) is 0 Å². The Morgan fingerprint density at radius 1 is 1.45 bits per heavy atom. The Balaban J connectivity index is 1.80. The SMILES string of the molecule is CCO[C@H]1CCN(C(=O)c2ccn[nH]2)[C@H]1Cc1cccnc1. The van der Waals surface area contributed by atoms with Gasteiger partial charge < -0.3 is 9.64 Å². The summed E-state index contributed by atoms with van der Waals surface area (Å²) in [5.41, 5.74) is 1.63. The molecule has 0 saturated carbocycles. The van der Waals surface area contributed by atoms with Gasteiger partial charge in [0.1, 0.15) is 5.69 Å². The number of hydrogen-bond acceptors (Lipinski definition) is 4. The molecule has 116 valence electrons. The fourth-order valence-electron chi connectivity index (χ4n) is 3.02. The van der Waals surface area contributed by atoms with Gasteiger partial charge in [0.15, 0.2) is 0 Å². The first-order valence-corrected chi connectivity index (χ1v) is 7.60. The average molecular weight is 300 g/mol. The van der Waals surface area contributed by atoms with Crippen molar-refractivity contribution in [2.24, 2.45) is 0 Å². The van der Waals surface area contributed by atoms with Crippen molar-refractivity contribution in [3.8, 4) is 0 Å².